The molecule has 0 amide bonds. The molecule has 14 heteroatoms. The van der Waals surface area contributed by atoms with Crippen LogP contribution >= 0.6 is 0 Å². The van der Waals surface area contributed by atoms with Crippen LogP contribution in [-0.2, 0) is 14.2 Å². The van der Waals surface area contributed by atoms with Crippen LogP contribution in [0, 0.1) is 0 Å². The van der Waals surface area contributed by atoms with E-state index in [0.717, 1.165) is 6.07 Å². The number of phenolic OH excluding ortho intramolecular Hbond substituents is 3. The largest absolute Gasteiger partial charge is 0.508 e. The van der Waals surface area contributed by atoms with E-state index in [0.29, 0.717) is 0 Å². The summed E-state index contributed by atoms with van der Waals surface area (Å²) in [5, 5.41) is 80.7. The Morgan fingerprint density at radius 2 is 1.55 bits per heavy atom. The topological polar surface area (TPSA) is 229 Å². The van der Waals surface area contributed by atoms with E-state index in [1.54, 1.807) is 0 Å². The zero-order valence-corrected chi connectivity index (χ0v) is 20.9. The fourth-order valence-electron chi connectivity index (χ4n) is 4.64. The number of fused-ring (bicyclic) bond motifs is 1. The van der Waals surface area contributed by atoms with Crippen LogP contribution in [0.25, 0.3) is 22.3 Å². The highest BCUT2D eigenvalue weighted by atomic mass is 16.8. The van der Waals surface area contributed by atoms with Gasteiger partial charge in [-0.1, -0.05) is 0 Å². The van der Waals surface area contributed by atoms with Crippen LogP contribution in [0.3, 0.4) is 0 Å². The standard InChI is InChI=1S/C26H28O14/c1-9-16(30)20(34)21(35)25(36-9)40-24-18(32)14(8-27)38-26(24)39-23-19(33)15-13(7-6-12(29)17(15)31)37-22(23)10-2-4-11(28)5-3-10/h2-7,9,14,16,18,20-21,24-32,34-35H,8H2,1H3/t9-,14-,16-,18-,20+,21+,24+,25-,26-/m0/s1. The van der Waals surface area contributed by atoms with Crippen molar-refractivity contribution >= 4 is 11.0 Å². The van der Waals surface area contributed by atoms with Gasteiger partial charge in [-0.25, -0.2) is 0 Å². The molecule has 0 bridgehead atoms. The molecule has 0 unspecified atom stereocenters. The molecule has 14 nitrogen and oxygen atoms in total. The zero-order valence-electron chi connectivity index (χ0n) is 20.9. The quantitative estimate of drug-likeness (QED) is 0.172. The number of hydrogen-bond acceptors (Lipinski definition) is 14. The van der Waals surface area contributed by atoms with Crippen molar-refractivity contribution in [2.24, 2.45) is 0 Å². The van der Waals surface area contributed by atoms with Gasteiger partial charge >= 0.3 is 0 Å². The Bertz CT molecular complexity index is 1420. The second kappa shape index (κ2) is 10.8. The number of aliphatic hydroxyl groups is 5. The van der Waals surface area contributed by atoms with Gasteiger partial charge in [-0.15, -0.1) is 0 Å². The van der Waals surface area contributed by atoms with Gasteiger partial charge < -0.3 is 64.2 Å². The molecule has 0 aliphatic carbocycles. The van der Waals surface area contributed by atoms with Crippen LogP contribution in [0.5, 0.6) is 23.0 Å². The van der Waals surface area contributed by atoms with E-state index in [-0.39, 0.29) is 22.7 Å². The summed E-state index contributed by atoms with van der Waals surface area (Å²) in [6.07, 6.45) is -13.4. The number of aromatic hydroxyl groups is 3. The van der Waals surface area contributed by atoms with Gasteiger partial charge in [-0.2, -0.15) is 0 Å². The molecule has 0 saturated carbocycles. The maximum atomic E-state index is 13.6. The van der Waals surface area contributed by atoms with E-state index in [2.05, 4.69) is 0 Å². The number of phenols is 3. The molecule has 2 fully saturated rings. The van der Waals surface area contributed by atoms with E-state index in [4.69, 9.17) is 23.4 Å². The second-order valence-corrected chi connectivity index (χ2v) is 9.56. The van der Waals surface area contributed by atoms with Crippen LogP contribution < -0.4 is 10.2 Å². The normalized spacial score (nSPS) is 32.4. The zero-order chi connectivity index (χ0) is 28.9. The summed E-state index contributed by atoms with van der Waals surface area (Å²) in [4.78, 5) is 13.6. The van der Waals surface area contributed by atoms with Crippen LogP contribution in [0.4, 0.5) is 0 Å². The molecule has 3 heterocycles. The van der Waals surface area contributed by atoms with Gasteiger partial charge in [0.25, 0.3) is 0 Å². The van der Waals surface area contributed by atoms with Crippen molar-refractivity contribution in [3.8, 4) is 34.3 Å². The maximum Gasteiger partial charge on any atom is 0.239 e. The number of benzene rings is 2. The van der Waals surface area contributed by atoms with Crippen LogP contribution in [0.1, 0.15) is 6.92 Å². The number of hydrogen-bond donors (Lipinski definition) is 8. The van der Waals surface area contributed by atoms with Crippen molar-refractivity contribution in [1.82, 2.24) is 0 Å². The molecule has 5 rings (SSSR count). The SMILES string of the molecule is C[C@@H]1O[C@@H](O[C@H]2[C@H](Oc3c(-c4ccc(O)cc4)oc4ccc(O)c(O)c4c3=O)O[C@@H](CO)[C@@H]2O)[C@H](O)[C@H](O)[C@H]1O. The van der Waals surface area contributed by atoms with Gasteiger partial charge in [0.2, 0.25) is 17.5 Å². The summed E-state index contributed by atoms with van der Waals surface area (Å²) in [6.45, 7) is 0.729. The van der Waals surface area contributed by atoms with Crippen molar-refractivity contribution < 1.29 is 64.2 Å². The van der Waals surface area contributed by atoms with E-state index >= 15 is 0 Å². The predicted octanol–water partition coefficient (Wildman–Crippen LogP) is -0.754. The smallest absolute Gasteiger partial charge is 0.239 e. The second-order valence-electron chi connectivity index (χ2n) is 9.56. The summed E-state index contributed by atoms with van der Waals surface area (Å²) in [6, 6.07) is 7.86. The lowest BCUT2D eigenvalue weighted by molar-refractivity contribution is -0.316. The van der Waals surface area contributed by atoms with Crippen molar-refractivity contribution in [3.63, 3.8) is 0 Å². The molecular weight excluding hydrogens is 536 g/mol. The fourth-order valence-corrected chi connectivity index (χ4v) is 4.64. The first-order chi connectivity index (χ1) is 19.0. The molecule has 2 aliphatic rings. The maximum absolute atomic E-state index is 13.6. The molecule has 2 aliphatic heterocycles. The third-order valence-corrected chi connectivity index (χ3v) is 6.91. The van der Waals surface area contributed by atoms with Crippen molar-refractivity contribution in [2.45, 2.75) is 62.2 Å². The summed E-state index contributed by atoms with van der Waals surface area (Å²) in [7, 11) is 0. The third-order valence-electron chi connectivity index (χ3n) is 6.91. The van der Waals surface area contributed by atoms with Crippen molar-refractivity contribution in [2.75, 3.05) is 6.61 Å². The van der Waals surface area contributed by atoms with Gasteiger partial charge in [-0.05, 0) is 43.3 Å². The minimum atomic E-state index is -1.74. The first kappa shape index (κ1) is 28.1. The van der Waals surface area contributed by atoms with E-state index in [1.165, 1.54) is 37.3 Å². The summed E-state index contributed by atoms with van der Waals surface area (Å²) in [5.74, 6) is -2.17. The van der Waals surface area contributed by atoms with Gasteiger partial charge in [0.1, 0.15) is 47.2 Å². The summed E-state index contributed by atoms with van der Waals surface area (Å²) >= 11 is 0. The Morgan fingerprint density at radius 3 is 2.23 bits per heavy atom. The lowest BCUT2D eigenvalue weighted by Crippen LogP contribution is -2.59. The number of aliphatic hydroxyl groups excluding tert-OH is 5. The Hall–Kier alpha value is -3.47. The molecule has 0 spiro atoms. The van der Waals surface area contributed by atoms with Gasteiger partial charge in [-0.3, -0.25) is 4.79 Å². The molecule has 9 atom stereocenters. The average Bonchev–Trinajstić information content (AvgIpc) is 3.23. The Labute approximate surface area is 225 Å². The third kappa shape index (κ3) is 4.84. The first-order valence-electron chi connectivity index (χ1n) is 12.3. The molecule has 0 radical (unpaired) electrons. The van der Waals surface area contributed by atoms with E-state index in [1.807, 2.05) is 0 Å². The number of ether oxygens (including phenoxy) is 4. The van der Waals surface area contributed by atoms with Gasteiger partial charge in [0, 0.05) is 5.56 Å². The molecule has 8 N–H and O–H groups in total. The highest BCUT2D eigenvalue weighted by molar-refractivity contribution is 5.89. The summed E-state index contributed by atoms with van der Waals surface area (Å²) < 4.78 is 28.5. The minimum Gasteiger partial charge on any atom is -0.508 e. The molecule has 2 saturated heterocycles. The highest BCUT2D eigenvalue weighted by Gasteiger charge is 2.51. The minimum absolute atomic E-state index is 0.0778. The van der Waals surface area contributed by atoms with E-state index < -0.39 is 90.0 Å². The van der Waals surface area contributed by atoms with Crippen molar-refractivity contribution in [3.05, 3.63) is 46.6 Å². The highest BCUT2D eigenvalue weighted by Crippen LogP contribution is 2.39. The van der Waals surface area contributed by atoms with E-state index in [9.17, 15) is 45.6 Å². The van der Waals surface area contributed by atoms with Crippen LogP contribution in [0.2, 0.25) is 0 Å². The Morgan fingerprint density at radius 1 is 0.850 bits per heavy atom. The molecular formula is C26H28O14. The van der Waals surface area contributed by atoms with Gasteiger partial charge in [0.05, 0.1) is 12.7 Å². The van der Waals surface area contributed by atoms with Crippen LogP contribution in [-0.4, -0.2) is 103 Å². The predicted molar refractivity (Wildman–Crippen MR) is 133 cm³/mol. The van der Waals surface area contributed by atoms with Gasteiger partial charge in [0.15, 0.2) is 29.7 Å². The van der Waals surface area contributed by atoms with Crippen molar-refractivity contribution in [1.29, 1.82) is 0 Å². The first-order valence-corrected chi connectivity index (χ1v) is 12.3. The summed E-state index contributed by atoms with van der Waals surface area (Å²) in [5.41, 5.74) is -0.793. The van der Waals surface area contributed by atoms with Crippen LogP contribution in [0.15, 0.2) is 45.6 Å². The Kier molecular flexibility index (Phi) is 7.60. The fraction of sp³-hybridized carbons (Fsp3) is 0.423. The molecule has 40 heavy (non-hydrogen) atoms. The Balaban J connectivity index is 1.57. The number of rotatable bonds is 6. The average molecular weight is 564 g/mol. The monoisotopic (exact) mass is 564 g/mol. The molecule has 1 aromatic heterocycles. The lowest BCUT2D eigenvalue weighted by Gasteiger charge is -2.40. The molecule has 216 valence electrons. The lowest BCUT2D eigenvalue weighted by atomic mass is 10.00. The molecule has 3 aromatic rings. The molecule has 2 aromatic carbocycles.